The van der Waals surface area contributed by atoms with Crippen LogP contribution in [0.3, 0.4) is 0 Å². The lowest BCUT2D eigenvalue weighted by atomic mass is 10.3. The summed E-state index contributed by atoms with van der Waals surface area (Å²) in [5.41, 5.74) is 2.10. The third kappa shape index (κ3) is 3.05. The van der Waals surface area contributed by atoms with Crippen molar-refractivity contribution >= 4 is 11.0 Å². The Balaban J connectivity index is 2.06. The lowest BCUT2D eigenvalue weighted by molar-refractivity contribution is 0.222. The van der Waals surface area contributed by atoms with Crippen LogP contribution < -0.4 is 0 Å². The predicted octanol–water partition coefficient (Wildman–Crippen LogP) is 1.77. The zero-order valence-electron chi connectivity index (χ0n) is 10.2. The highest BCUT2D eigenvalue weighted by Crippen LogP contribution is 2.11. The van der Waals surface area contributed by atoms with Crippen LogP contribution in [0.25, 0.3) is 11.0 Å². The molecule has 1 heterocycles. The molecule has 2 aromatic rings. The van der Waals surface area contributed by atoms with Crippen molar-refractivity contribution in [3.05, 3.63) is 30.1 Å². The van der Waals surface area contributed by atoms with E-state index in [1.165, 1.54) is 0 Å². The number of benzene rings is 1. The van der Waals surface area contributed by atoms with Gasteiger partial charge in [-0.25, -0.2) is 4.98 Å². The number of H-pyrrole nitrogens is 1. The van der Waals surface area contributed by atoms with Crippen molar-refractivity contribution < 1.29 is 5.11 Å². The Kier molecular flexibility index (Phi) is 4.12. The summed E-state index contributed by atoms with van der Waals surface area (Å²) in [4.78, 5) is 10.1. The van der Waals surface area contributed by atoms with Gasteiger partial charge in [0.05, 0.1) is 17.6 Å². The molecule has 0 atom stereocenters. The number of hydrogen-bond donors (Lipinski definition) is 2. The van der Waals surface area contributed by atoms with Crippen LogP contribution in [-0.4, -0.2) is 39.7 Å². The van der Waals surface area contributed by atoms with Crippen LogP contribution in [-0.2, 0) is 6.54 Å². The summed E-state index contributed by atoms with van der Waals surface area (Å²) in [7, 11) is 0. The topological polar surface area (TPSA) is 52.1 Å². The van der Waals surface area contributed by atoms with Crippen molar-refractivity contribution in [2.45, 2.75) is 19.9 Å². The van der Waals surface area contributed by atoms with Crippen molar-refractivity contribution in [3.63, 3.8) is 0 Å². The van der Waals surface area contributed by atoms with Gasteiger partial charge >= 0.3 is 0 Å². The molecule has 1 aromatic carbocycles. The Bertz CT molecular complexity index is 433. The van der Waals surface area contributed by atoms with Gasteiger partial charge in [-0.1, -0.05) is 19.1 Å². The SMILES string of the molecule is CCN(CCCO)Cc1nc2ccccc2[nH]1. The molecule has 0 aliphatic heterocycles. The maximum atomic E-state index is 8.84. The Labute approximate surface area is 101 Å². The van der Waals surface area contributed by atoms with Gasteiger partial charge in [-0.05, 0) is 25.1 Å². The Morgan fingerprint density at radius 3 is 2.88 bits per heavy atom. The minimum atomic E-state index is 0.247. The lowest BCUT2D eigenvalue weighted by Crippen LogP contribution is -2.25. The highest BCUT2D eigenvalue weighted by Gasteiger charge is 2.07. The van der Waals surface area contributed by atoms with Crippen LogP contribution >= 0.6 is 0 Å². The monoisotopic (exact) mass is 233 g/mol. The molecule has 0 unspecified atom stereocenters. The number of imidazole rings is 1. The lowest BCUT2D eigenvalue weighted by Gasteiger charge is -2.18. The van der Waals surface area contributed by atoms with E-state index in [0.717, 1.165) is 42.9 Å². The summed E-state index contributed by atoms with van der Waals surface area (Å²) >= 11 is 0. The zero-order chi connectivity index (χ0) is 12.1. The second-order valence-electron chi connectivity index (χ2n) is 4.15. The van der Waals surface area contributed by atoms with E-state index < -0.39 is 0 Å². The zero-order valence-corrected chi connectivity index (χ0v) is 10.2. The fraction of sp³-hybridized carbons (Fsp3) is 0.462. The maximum Gasteiger partial charge on any atom is 0.121 e. The van der Waals surface area contributed by atoms with Crippen LogP contribution in [0.5, 0.6) is 0 Å². The van der Waals surface area contributed by atoms with Gasteiger partial charge in [-0.2, -0.15) is 0 Å². The number of aromatic nitrogens is 2. The number of para-hydroxylation sites is 2. The number of hydrogen-bond acceptors (Lipinski definition) is 3. The molecule has 2 N–H and O–H groups in total. The van der Waals surface area contributed by atoms with E-state index in [2.05, 4.69) is 21.8 Å². The first-order valence-electron chi connectivity index (χ1n) is 6.10. The number of fused-ring (bicyclic) bond motifs is 1. The van der Waals surface area contributed by atoms with E-state index >= 15 is 0 Å². The normalized spacial score (nSPS) is 11.5. The standard InChI is InChI=1S/C13H19N3O/c1-2-16(8-5-9-17)10-13-14-11-6-3-4-7-12(11)15-13/h3-4,6-7,17H,2,5,8-10H2,1H3,(H,14,15). The average molecular weight is 233 g/mol. The van der Waals surface area contributed by atoms with Crippen molar-refractivity contribution in [2.24, 2.45) is 0 Å². The third-order valence-corrected chi connectivity index (χ3v) is 2.89. The van der Waals surface area contributed by atoms with Crippen molar-refractivity contribution in [1.29, 1.82) is 0 Å². The second kappa shape index (κ2) is 5.80. The first kappa shape index (κ1) is 12.1. The average Bonchev–Trinajstić information content (AvgIpc) is 2.76. The molecule has 1 aromatic heterocycles. The highest BCUT2D eigenvalue weighted by molar-refractivity contribution is 5.74. The van der Waals surface area contributed by atoms with Crippen LogP contribution in [0.1, 0.15) is 19.2 Å². The van der Waals surface area contributed by atoms with Gasteiger partial charge in [0.25, 0.3) is 0 Å². The molecule has 0 aliphatic carbocycles. The largest absolute Gasteiger partial charge is 0.396 e. The first-order chi connectivity index (χ1) is 8.33. The van der Waals surface area contributed by atoms with Crippen LogP contribution in [0.15, 0.2) is 24.3 Å². The summed E-state index contributed by atoms with van der Waals surface area (Å²) in [6.45, 7) is 5.06. The third-order valence-electron chi connectivity index (χ3n) is 2.89. The van der Waals surface area contributed by atoms with Gasteiger partial charge in [0.2, 0.25) is 0 Å². The van der Waals surface area contributed by atoms with Gasteiger partial charge in [0.1, 0.15) is 5.82 Å². The quantitative estimate of drug-likeness (QED) is 0.799. The molecule has 0 saturated heterocycles. The van der Waals surface area contributed by atoms with Crippen molar-refractivity contribution in [2.75, 3.05) is 19.7 Å². The smallest absolute Gasteiger partial charge is 0.121 e. The summed E-state index contributed by atoms with van der Waals surface area (Å²) in [6, 6.07) is 8.05. The number of rotatable bonds is 6. The number of aliphatic hydroxyl groups excluding tert-OH is 1. The number of nitrogens with one attached hydrogen (secondary N) is 1. The fourth-order valence-electron chi connectivity index (χ4n) is 1.94. The molecule has 92 valence electrons. The van der Waals surface area contributed by atoms with Crippen molar-refractivity contribution in [1.82, 2.24) is 14.9 Å². The highest BCUT2D eigenvalue weighted by atomic mass is 16.3. The van der Waals surface area contributed by atoms with Gasteiger partial charge in [-0.15, -0.1) is 0 Å². The van der Waals surface area contributed by atoms with Crippen LogP contribution in [0.4, 0.5) is 0 Å². The molecule has 17 heavy (non-hydrogen) atoms. The number of aromatic amines is 1. The van der Waals surface area contributed by atoms with E-state index in [4.69, 9.17) is 5.11 Å². The Hall–Kier alpha value is -1.39. The minimum absolute atomic E-state index is 0.247. The Morgan fingerprint density at radius 1 is 1.35 bits per heavy atom. The summed E-state index contributed by atoms with van der Waals surface area (Å²) in [5, 5.41) is 8.84. The van der Waals surface area contributed by atoms with Crippen molar-refractivity contribution in [3.8, 4) is 0 Å². The number of aliphatic hydroxyl groups is 1. The van der Waals surface area contributed by atoms with Gasteiger partial charge in [0, 0.05) is 13.2 Å². The molecule has 0 amide bonds. The molecular formula is C13H19N3O. The van der Waals surface area contributed by atoms with Gasteiger partial charge in [-0.3, -0.25) is 4.90 Å². The molecule has 0 aliphatic rings. The summed E-state index contributed by atoms with van der Waals surface area (Å²) < 4.78 is 0. The Morgan fingerprint density at radius 2 is 2.18 bits per heavy atom. The molecule has 0 saturated carbocycles. The molecule has 0 radical (unpaired) electrons. The van der Waals surface area contributed by atoms with Gasteiger partial charge in [0.15, 0.2) is 0 Å². The molecule has 4 heteroatoms. The second-order valence-corrected chi connectivity index (χ2v) is 4.15. The molecule has 0 spiro atoms. The van der Waals surface area contributed by atoms with E-state index in [0.29, 0.717) is 0 Å². The maximum absolute atomic E-state index is 8.84. The van der Waals surface area contributed by atoms with E-state index in [1.807, 2.05) is 24.3 Å². The van der Waals surface area contributed by atoms with E-state index in [-0.39, 0.29) is 6.61 Å². The molecule has 2 rings (SSSR count). The minimum Gasteiger partial charge on any atom is -0.396 e. The first-order valence-corrected chi connectivity index (χ1v) is 6.10. The molecule has 4 nitrogen and oxygen atoms in total. The molecular weight excluding hydrogens is 214 g/mol. The van der Waals surface area contributed by atoms with Crippen LogP contribution in [0, 0.1) is 0 Å². The van der Waals surface area contributed by atoms with Gasteiger partial charge < -0.3 is 10.1 Å². The fourth-order valence-corrected chi connectivity index (χ4v) is 1.94. The summed E-state index contributed by atoms with van der Waals surface area (Å²) in [6.07, 6.45) is 0.814. The van der Waals surface area contributed by atoms with E-state index in [9.17, 15) is 0 Å². The summed E-state index contributed by atoms with van der Waals surface area (Å²) in [5.74, 6) is 0.992. The number of nitrogens with zero attached hydrogens (tertiary/aromatic N) is 2. The predicted molar refractivity (Wildman–Crippen MR) is 68.7 cm³/mol. The molecule has 0 fully saturated rings. The van der Waals surface area contributed by atoms with Crippen LogP contribution in [0.2, 0.25) is 0 Å². The van der Waals surface area contributed by atoms with E-state index in [1.54, 1.807) is 0 Å². The molecule has 0 bridgehead atoms.